The van der Waals surface area contributed by atoms with Crippen molar-refractivity contribution < 1.29 is 5.11 Å². The molecule has 0 aliphatic rings. The monoisotopic (exact) mass is 389 g/mol. The van der Waals surface area contributed by atoms with E-state index in [1.54, 1.807) is 0 Å². The lowest BCUT2D eigenvalue weighted by atomic mass is 9.82. The van der Waals surface area contributed by atoms with Gasteiger partial charge in [-0.25, -0.2) is 0 Å². The molecule has 0 spiro atoms. The van der Waals surface area contributed by atoms with E-state index in [-0.39, 0.29) is 31.0 Å². The first-order chi connectivity index (χ1) is 9.80. The smallest absolute Gasteiger partial charge is 0.0665 e. The van der Waals surface area contributed by atoms with Crippen molar-refractivity contribution in [2.24, 2.45) is 11.8 Å². The molecule has 0 atom stereocenters. The van der Waals surface area contributed by atoms with Crippen LogP contribution in [0.5, 0.6) is 0 Å². The lowest BCUT2D eigenvalue weighted by Crippen LogP contribution is -2.36. The number of aliphatic hydroxyl groups is 1. The highest BCUT2D eigenvalue weighted by Crippen LogP contribution is 2.24. The molecule has 0 heterocycles. The van der Waals surface area contributed by atoms with Gasteiger partial charge in [-0.1, -0.05) is 106 Å². The van der Waals surface area contributed by atoms with Crippen molar-refractivity contribution >= 4 is 24.8 Å². The van der Waals surface area contributed by atoms with Crippen molar-refractivity contribution in [1.82, 2.24) is 6.15 Å². The van der Waals surface area contributed by atoms with Gasteiger partial charge in [0.15, 0.2) is 0 Å². The Kier molecular flexibility index (Phi) is 34.8. The highest BCUT2D eigenvalue weighted by atomic mass is 35.5. The standard InChI is InChI=1S/C12H26.C8H18O.2ClH.H3N/c1-3-5-7-9-11-12-10-8-6-4-2;1-6(2)8(5,9)7(3)4;;;/h3-12H2,1-2H3;6-7,9H,1-5H3;2*1H;1H3. The number of rotatable bonds is 11. The second kappa shape index (κ2) is 23.5. The van der Waals surface area contributed by atoms with Crippen LogP contribution in [0.15, 0.2) is 0 Å². The molecule has 2 nitrogen and oxygen atoms in total. The molecule has 0 radical (unpaired) electrons. The molecule has 0 aliphatic carbocycles. The fourth-order valence-corrected chi connectivity index (χ4v) is 2.23. The van der Waals surface area contributed by atoms with Crippen LogP contribution in [0.3, 0.4) is 0 Å². The summed E-state index contributed by atoms with van der Waals surface area (Å²) in [4.78, 5) is 0. The van der Waals surface area contributed by atoms with Gasteiger partial charge < -0.3 is 11.3 Å². The first-order valence-corrected chi connectivity index (χ1v) is 9.52. The van der Waals surface area contributed by atoms with Crippen LogP contribution in [0.1, 0.15) is 113 Å². The third-order valence-corrected chi connectivity index (χ3v) is 4.79. The Bertz CT molecular complexity index is 190. The minimum atomic E-state index is -0.500. The van der Waals surface area contributed by atoms with Crippen molar-refractivity contribution in [3.8, 4) is 0 Å². The van der Waals surface area contributed by atoms with E-state index >= 15 is 0 Å². The molecule has 0 bridgehead atoms. The molecular weight excluding hydrogens is 341 g/mol. The fourth-order valence-electron chi connectivity index (χ4n) is 2.23. The van der Waals surface area contributed by atoms with E-state index in [1.165, 1.54) is 64.2 Å². The van der Waals surface area contributed by atoms with E-state index in [9.17, 15) is 5.11 Å². The highest BCUT2D eigenvalue weighted by molar-refractivity contribution is 5.85. The second-order valence-electron chi connectivity index (χ2n) is 7.36. The second-order valence-corrected chi connectivity index (χ2v) is 7.36. The summed E-state index contributed by atoms with van der Waals surface area (Å²) in [5.41, 5.74) is -0.500. The molecule has 0 saturated heterocycles. The predicted octanol–water partition coefficient (Wildman–Crippen LogP) is 7.98. The van der Waals surface area contributed by atoms with Crippen LogP contribution >= 0.6 is 24.8 Å². The Hall–Kier alpha value is 0.500. The van der Waals surface area contributed by atoms with Gasteiger partial charge in [0.1, 0.15) is 0 Å². The Morgan fingerprint density at radius 2 is 0.833 bits per heavy atom. The summed E-state index contributed by atoms with van der Waals surface area (Å²) < 4.78 is 0. The van der Waals surface area contributed by atoms with Gasteiger partial charge in [0.2, 0.25) is 0 Å². The maximum absolute atomic E-state index is 9.67. The number of hydrogen-bond acceptors (Lipinski definition) is 2. The van der Waals surface area contributed by atoms with Crippen LogP contribution in [0.2, 0.25) is 0 Å². The Balaban J connectivity index is -0.0000000918. The molecule has 0 saturated carbocycles. The summed E-state index contributed by atoms with van der Waals surface area (Å²) >= 11 is 0. The molecule has 4 N–H and O–H groups in total. The zero-order chi connectivity index (χ0) is 16.7. The SMILES string of the molecule is CC(C)C(C)(O)C(C)C.CCCCCCCCCCCC.Cl.Cl.N. The van der Waals surface area contributed by atoms with Crippen molar-refractivity contribution in [2.45, 2.75) is 118 Å². The van der Waals surface area contributed by atoms with Crippen molar-refractivity contribution in [3.05, 3.63) is 0 Å². The first kappa shape index (κ1) is 35.6. The van der Waals surface area contributed by atoms with Crippen LogP contribution in [-0.2, 0) is 0 Å². The molecule has 154 valence electrons. The highest BCUT2D eigenvalue weighted by Gasteiger charge is 2.28. The molecule has 0 aliphatic heterocycles. The third-order valence-electron chi connectivity index (χ3n) is 4.79. The maximum atomic E-state index is 9.67. The van der Waals surface area contributed by atoms with Crippen molar-refractivity contribution in [1.29, 1.82) is 0 Å². The summed E-state index contributed by atoms with van der Waals surface area (Å²) in [6.07, 6.45) is 14.4. The quantitative estimate of drug-likeness (QED) is 0.351. The normalized spacial score (nSPS) is 10.2. The molecule has 0 aromatic heterocycles. The van der Waals surface area contributed by atoms with Crippen LogP contribution in [0, 0.1) is 11.8 Å². The van der Waals surface area contributed by atoms with Gasteiger partial charge in [-0.2, -0.15) is 0 Å². The van der Waals surface area contributed by atoms with Gasteiger partial charge in [0, 0.05) is 0 Å². The van der Waals surface area contributed by atoms with E-state index in [1.807, 2.05) is 34.6 Å². The van der Waals surface area contributed by atoms with Crippen molar-refractivity contribution in [2.75, 3.05) is 0 Å². The maximum Gasteiger partial charge on any atom is 0.0665 e. The van der Waals surface area contributed by atoms with Crippen LogP contribution in [0.25, 0.3) is 0 Å². The van der Waals surface area contributed by atoms with E-state index in [4.69, 9.17) is 0 Å². The molecule has 24 heavy (non-hydrogen) atoms. The average molecular weight is 391 g/mol. The zero-order valence-corrected chi connectivity index (χ0v) is 19.3. The van der Waals surface area contributed by atoms with Crippen molar-refractivity contribution in [3.63, 3.8) is 0 Å². The Morgan fingerprint density at radius 3 is 0.958 bits per heavy atom. The summed E-state index contributed by atoms with van der Waals surface area (Å²) in [6.45, 7) is 14.6. The molecule has 0 unspecified atom stereocenters. The largest absolute Gasteiger partial charge is 0.390 e. The van der Waals surface area contributed by atoms with E-state index in [0.717, 1.165) is 0 Å². The first-order valence-electron chi connectivity index (χ1n) is 9.52. The Morgan fingerprint density at radius 1 is 0.625 bits per heavy atom. The predicted molar refractivity (Wildman–Crippen MR) is 117 cm³/mol. The van der Waals surface area contributed by atoms with Crippen LogP contribution in [-0.4, -0.2) is 10.7 Å². The van der Waals surface area contributed by atoms with Gasteiger partial charge >= 0.3 is 0 Å². The third kappa shape index (κ3) is 22.5. The van der Waals surface area contributed by atoms with E-state index in [0.29, 0.717) is 11.8 Å². The summed E-state index contributed by atoms with van der Waals surface area (Å²) in [6, 6.07) is 0. The fraction of sp³-hybridized carbons (Fsp3) is 1.00. The average Bonchev–Trinajstić information content (AvgIpc) is 2.42. The van der Waals surface area contributed by atoms with E-state index < -0.39 is 5.60 Å². The van der Waals surface area contributed by atoms with Crippen LogP contribution in [0.4, 0.5) is 0 Å². The van der Waals surface area contributed by atoms with Gasteiger partial charge in [-0.05, 0) is 18.8 Å². The number of halogens is 2. The molecule has 0 amide bonds. The lowest BCUT2D eigenvalue weighted by molar-refractivity contribution is -0.0289. The molecule has 0 rings (SSSR count). The van der Waals surface area contributed by atoms with Crippen LogP contribution < -0.4 is 6.15 Å². The minimum Gasteiger partial charge on any atom is -0.390 e. The van der Waals surface area contributed by atoms with Gasteiger partial charge in [0.05, 0.1) is 5.60 Å². The summed E-state index contributed by atoms with van der Waals surface area (Å²) in [5.74, 6) is 0.690. The number of unbranched alkanes of at least 4 members (excludes halogenated alkanes) is 9. The lowest BCUT2D eigenvalue weighted by Gasteiger charge is -2.31. The number of hydrogen-bond donors (Lipinski definition) is 2. The molecule has 0 aromatic rings. The molecule has 0 aromatic carbocycles. The topological polar surface area (TPSA) is 55.2 Å². The van der Waals surface area contributed by atoms with Gasteiger partial charge in [-0.15, -0.1) is 24.8 Å². The minimum absolute atomic E-state index is 0. The molecule has 0 fully saturated rings. The zero-order valence-electron chi connectivity index (χ0n) is 17.7. The van der Waals surface area contributed by atoms with E-state index in [2.05, 4.69) is 13.8 Å². The Labute approximate surface area is 166 Å². The van der Waals surface area contributed by atoms with Gasteiger partial charge in [0.25, 0.3) is 0 Å². The summed E-state index contributed by atoms with van der Waals surface area (Å²) in [5, 5.41) is 9.67. The molecular formula is C20H49Cl2NO. The summed E-state index contributed by atoms with van der Waals surface area (Å²) in [7, 11) is 0. The van der Waals surface area contributed by atoms with Gasteiger partial charge in [-0.3, -0.25) is 0 Å². The molecule has 4 heteroatoms.